The van der Waals surface area contributed by atoms with Crippen molar-refractivity contribution in [3.05, 3.63) is 42.2 Å². The van der Waals surface area contributed by atoms with Gasteiger partial charge in [-0.05, 0) is 24.3 Å². The Bertz CT molecular complexity index is 938. The molecule has 0 bridgehead atoms. The molecule has 1 amide bonds. The van der Waals surface area contributed by atoms with Gasteiger partial charge in [0.1, 0.15) is 5.56 Å². The summed E-state index contributed by atoms with van der Waals surface area (Å²) in [5, 5.41) is 7.11. The van der Waals surface area contributed by atoms with Gasteiger partial charge >= 0.3 is 0 Å². The van der Waals surface area contributed by atoms with Gasteiger partial charge in [-0.25, -0.2) is 9.50 Å². The van der Waals surface area contributed by atoms with Gasteiger partial charge in [-0.1, -0.05) is 0 Å². The van der Waals surface area contributed by atoms with E-state index in [1.54, 1.807) is 17.8 Å². The number of fused-ring (bicyclic) bond motifs is 2. The number of aromatic nitrogens is 3. The maximum atomic E-state index is 12.3. The van der Waals surface area contributed by atoms with Crippen LogP contribution in [0.2, 0.25) is 0 Å². The highest BCUT2D eigenvalue weighted by Crippen LogP contribution is 2.35. The quantitative estimate of drug-likeness (QED) is 0.708. The summed E-state index contributed by atoms with van der Waals surface area (Å²) in [5.74, 6) is 1.17. The van der Waals surface area contributed by atoms with Gasteiger partial charge in [0.05, 0.1) is 18.5 Å². The molecular formula is C17H16N4O4. The molecule has 0 aliphatic carbocycles. The summed E-state index contributed by atoms with van der Waals surface area (Å²) in [5.41, 5.74) is 2.61. The molecule has 0 saturated carbocycles. The van der Waals surface area contributed by atoms with Gasteiger partial charge in [0.2, 0.25) is 6.79 Å². The maximum Gasteiger partial charge on any atom is 0.256 e. The highest BCUT2D eigenvalue weighted by Gasteiger charge is 2.18. The Morgan fingerprint density at radius 2 is 2.20 bits per heavy atom. The topological polar surface area (TPSA) is 87.0 Å². The van der Waals surface area contributed by atoms with Crippen molar-refractivity contribution in [2.24, 2.45) is 0 Å². The van der Waals surface area contributed by atoms with E-state index in [0.717, 1.165) is 11.3 Å². The van der Waals surface area contributed by atoms with Crippen molar-refractivity contribution in [1.82, 2.24) is 19.9 Å². The predicted octanol–water partition coefficient (Wildman–Crippen LogP) is 1.50. The number of carbonyl (C=O) groups excluding carboxylic acids is 1. The molecule has 0 radical (unpaired) electrons. The van der Waals surface area contributed by atoms with E-state index < -0.39 is 0 Å². The summed E-state index contributed by atoms with van der Waals surface area (Å²) in [6, 6.07) is 7.50. The highest BCUT2D eigenvalue weighted by molar-refractivity contribution is 5.99. The minimum absolute atomic E-state index is 0.220. The van der Waals surface area contributed by atoms with Crippen LogP contribution < -0.4 is 14.8 Å². The van der Waals surface area contributed by atoms with Gasteiger partial charge in [-0.15, -0.1) is 0 Å². The van der Waals surface area contributed by atoms with E-state index in [-0.39, 0.29) is 12.7 Å². The lowest BCUT2D eigenvalue weighted by atomic mass is 10.1. The molecule has 0 atom stereocenters. The molecule has 128 valence electrons. The Morgan fingerprint density at radius 3 is 3.08 bits per heavy atom. The molecule has 25 heavy (non-hydrogen) atoms. The first kappa shape index (κ1) is 15.4. The van der Waals surface area contributed by atoms with Gasteiger partial charge < -0.3 is 19.5 Å². The monoisotopic (exact) mass is 340 g/mol. The van der Waals surface area contributed by atoms with Crippen LogP contribution >= 0.6 is 0 Å². The summed E-state index contributed by atoms with van der Waals surface area (Å²) in [7, 11) is 1.58. The van der Waals surface area contributed by atoms with Crippen LogP contribution in [0, 0.1) is 0 Å². The van der Waals surface area contributed by atoms with Crippen LogP contribution in [0.3, 0.4) is 0 Å². The first-order chi connectivity index (χ1) is 12.3. The number of carbonyl (C=O) groups is 1. The Hall–Kier alpha value is -3.13. The first-order valence-corrected chi connectivity index (χ1v) is 7.78. The minimum atomic E-state index is -0.234. The molecule has 1 aromatic carbocycles. The summed E-state index contributed by atoms with van der Waals surface area (Å²) in [6.45, 7) is 1.09. The van der Waals surface area contributed by atoms with Gasteiger partial charge in [0, 0.05) is 25.4 Å². The molecule has 3 aromatic rings. The third-order valence-corrected chi connectivity index (χ3v) is 3.91. The number of methoxy groups -OCH3 is 1. The molecule has 8 heteroatoms. The van der Waals surface area contributed by atoms with E-state index in [4.69, 9.17) is 14.2 Å². The van der Waals surface area contributed by atoms with Crippen molar-refractivity contribution in [2.45, 2.75) is 0 Å². The SMILES string of the molecule is COCCNC(=O)c1cnn2c(-c3ccc4c(c3)OCO4)ccnc12. The average molecular weight is 340 g/mol. The van der Waals surface area contributed by atoms with Gasteiger partial charge in [-0.3, -0.25) is 4.79 Å². The van der Waals surface area contributed by atoms with Crippen molar-refractivity contribution in [3.8, 4) is 22.8 Å². The highest BCUT2D eigenvalue weighted by atomic mass is 16.7. The van der Waals surface area contributed by atoms with Crippen LogP contribution in [-0.2, 0) is 4.74 Å². The number of hydrogen-bond donors (Lipinski definition) is 1. The Balaban J connectivity index is 1.71. The van der Waals surface area contributed by atoms with Gasteiger partial charge in [0.25, 0.3) is 5.91 Å². The van der Waals surface area contributed by atoms with Crippen LogP contribution in [0.15, 0.2) is 36.7 Å². The summed E-state index contributed by atoms with van der Waals surface area (Å²) in [4.78, 5) is 16.6. The van der Waals surface area contributed by atoms with Crippen molar-refractivity contribution in [1.29, 1.82) is 0 Å². The third kappa shape index (κ3) is 2.76. The Labute approximate surface area is 143 Å². The number of ether oxygens (including phenoxy) is 3. The summed E-state index contributed by atoms with van der Waals surface area (Å²) >= 11 is 0. The zero-order valence-electron chi connectivity index (χ0n) is 13.6. The Kier molecular flexibility index (Phi) is 3.95. The number of nitrogens with zero attached hydrogens (tertiary/aromatic N) is 3. The molecule has 2 aromatic heterocycles. The maximum absolute atomic E-state index is 12.3. The zero-order chi connectivity index (χ0) is 17.2. The fourth-order valence-corrected chi connectivity index (χ4v) is 2.69. The first-order valence-electron chi connectivity index (χ1n) is 7.78. The number of benzene rings is 1. The average Bonchev–Trinajstić information content (AvgIpc) is 3.27. The molecule has 8 nitrogen and oxygen atoms in total. The van der Waals surface area contributed by atoms with Gasteiger partial charge in [0.15, 0.2) is 17.1 Å². The number of nitrogens with one attached hydrogen (secondary N) is 1. The minimum Gasteiger partial charge on any atom is -0.454 e. The van der Waals surface area contributed by atoms with Crippen molar-refractivity contribution < 1.29 is 19.0 Å². The van der Waals surface area contributed by atoms with E-state index in [1.807, 2.05) is 24.3 Å². The molecule has 0 spiro atoms. The fraction of sp³-hybridized carbons (Fsp3) is 0.235. The Morgan fingerprint density at radius 1 is 1.32 bits per heavy atom. The standard InChI is InChI=1S/C17H16N4O4/c1-23-7-6-19-17(22)12-9-20-21-13(4-5-18-16(12)21)11-2-3-14-15(8-11)25-10-24-14/h2-5,8-9H,6-7,10H2,1H3,(H,19,22). The molecule has 0 saturated heterocycles. The molecule has 1 aliphatic heterocycles. The zero-order valence-corrected chi connectivity index (χ0v) is 13.6. The molecular weight excluding hydrogens is 324 g/mol. The van der Waals surface area contributed by atoms with E-state index in [1.165, 1.54) is 6.20 Å². The lowest BCUT2D eigenvalue weighted by Gasteiger charge is -2.06. The fourth-order valence-electron chi connectivity index (χ4n) is 2.69. The lowest BCUT2D eigenvalue weighted by molar-refractivity contribution is 0.0938. The molecule has 0 unspecified atom stereocenters. The number of rotatable bonds is 5. The van der Waals surface area contributed by atoms with E-state index in [0.29, 0.717) is 35.9 Å². The van der Waals surface area contributed by atoms with Crippen LogP contribution in [0.1, 0.15) is 10.4 Å². The largest absolute Gasteiger partial charge is 0.454 e. The smallest absolute Gasteiger partial charge is 0.256 e. The second kappa shape index (κ2) is 6.40. The van der Waals surface area contributed by atoms with Crippen molar-refractivity contribution in [2.75, 3.05) is 27.1 Å². The van der Waals surface area contributed by atoms with E-state index in [2.05, 4.69) is 15.4 Å². The lowest BCUT2D eigenvalue weighted by Crippen LogP contribution is -2.26. The molecule has 1 aliphatic rings. The number of amides is 1. The summed E-state index contributed by atoms with van der Waals surface area (Å²) < 4.78 is 17.3. The molecule has 0 fully saturated rings. The number of hydrogen-bond acceptors (Lipinski definition) is 6. The summed E-state index contributed by atoms with van der Waals surface area (Å²) in [6.07, 6.45) is 3.17. The van der Waals surface area contributed by atoms with Crippen LogP contribution in [0.5, 0.6) is 11.5 Å². The van der Waals surface area contributed by atoms with Crippen LogP contribution in [0.4, 0.5) is 0 Å². The van der Waals surface area contributed by atoms with Crippen LogP contribution in [0.25, 0.3) is 16.9 Å². The van der Waals surface area contributed by atoms with Crippen molar-refractivity contribution in [3.63, 3.8) is 0 Å². The van der Waals surface area contributed by atoms with E-state index in [9.17, 15) is 4.79 Å². The van der Waals surface area contributed by atoms with Crippen molar-refractivity contribution >= 4 is 11.6 Å². The molecule has 4 rings (SSSR count). The molecule has 3 heterocycles. The second-order valence-electron chi connectivity index (χ2n) is 5.44. The van der Waals surface area contributed by atoms with Gasteiger partial charge in [-0.2, -0.15) is 5.10 Å². The predicted molar refractivity (Wildman–Crippen MR) is 88.8 cm³/mol. The van der Waals surface area contributed by atoms with Crippen LogP contribution in [-0.4, -0.2) is 47.6 Å². The second-order valence-corrected chi connectivity index (χ2v) is 5.44. The van der Waals surface area contributed by atoms with E-state index >= 15 is 0 Å². The third-order valence-electron chi connectivity index (χ3n) is 3.91. The normalized spacial score (nSPS) is 12.5. The molecule has 1 N–H and O–H groups in total.